The van der Waals surface area contributed by atoms with Crippen LogP contribution < -0.4 is 0 Å². The fourth-order valence-corrected chi connectivity index (χ4v) is 2.56. The Balaban J connectivity index is 2.80. The summed E-state index contributed by atoms with van der Waals surface area (Å²) in [5.74, 6) is 0. The maximum absolute atomic E-state index is 12.1. The molecule has 0 aromatic heterocycles. The van der Waals surface area contributed by atoms with E-state index in [0.29, 0.717) is 16.4 Å². The van der Waals surface area contributed by atoms with Gasteiger partial charge in [0.1, 0.15) is 0 Å². The Kier molecular flexibility index (Phi) is 4.92. The highest BCUT2D eigenvalue weighted by Gasteiger charge is 2.30. The van der Waals surface area contributed by atoms with E-state index in [-0.39, 0.29) is 16.7 Å². The molecule has 86 valence electrons. The lowest BCUT2D eigenvalue weighted by Crippen LogP contribution is -2.00. The van der Waals surface area contributed by atoms with Gasteiger partial charge in [0.15, 0.2) is 0 Å². The average Bonchev–Trinajstić information content (AvgIpc) is 2.17. The van der Waals surface area contributed by atoms with E-state index in [0.717, 1.165) is 5.56 Å². The van der Waals surface area contributed by atoms with Crippen LogP contribution in [-0.4, -0.2) is 5.51 Å². The third-order valence-corrected chi connectivity index (χ3v) is 3.81. The van der Waals surface area contributed by atoms with Crippen molar-refractivity contribution in [3.63, 3.8) is 0 Å². The number of nitrogens with zero attached hydrogens (tertiary/aromatic N) is 1. The highest BCUT2D eigenvalue weighted by Crippen LogP contribution is 2.39. The van der Waals surface area contributed by atoms with E-state index < -0.39 is 5.51 Å². The number of halogens is 4. The van der Waals surface area contributed by atoms with Gasteiger partial charge in [0.05, 0.1) is 6.07 Å². The zero-order chi connectivity index (χ0) is 12.2. The lowest BCUT2D eigenvalue weighted by atomic mass is 10.1. The Bertz CT molecular complexity index is 412. The predicted molar refractivity (Wildman–Crippen MR) is 65.0 cm³/mol. The number of aryl methyl sites for hydroxylation is 1. The predicted octanol–water partition coefficient (Wildman–Crippen LogP) is 4.36. The monoisotopic (exact) mass is 357 g/mol. The molecule has 6 heteroatoms. The Hall–Kier alpha value is -0.420. The van der Waals surface area contributed by atoms with E-state index in [1.807, 2.05) is 28.7 Å². The molecule has 16 heavy (non-hydrogen) atoms. The lowest BCUT2D eigenvalue weighted by Gasteiger charge is -2.08. The molecule has 0 spiro atoms. The second kappa shape index (κ2) is 5.77. The largest absolute Gasteiger partial charge is 0.446 e. The quantitative estimate of drug-likeness (QED) is 0.593. The molecule has 0 atom stereocenters. The van der Waals surface area contributed by atoms with Gasteiger partial charge in [-0.05, 0) is 58.5 Å². The van der Waals surface area contributed by atoms with E-state index in [2.05, 4.69) is 0 Å². The molecule has 0 radical (unpaired) electrons. The van der Waals surface area contributed by atoms with Crippen molar-refractivity contribution in [2.24, 2.45) is 0 Å². The molecule has 0 unspecified atom stereocenters. The summed E-state index contributed by atoms with van der Waals surface area (Å²) in [6, 6.07) is 6.77. The van der Waals surface area contributed by atoms with Crippen molar-refractivity contribution < 1.29 is 13.2 Å². The number of hydrogen-bond donors (Lipinski definition) is 0. The molecule has 1 rings (SSSR count). The van der Waals surface area contributed by atoms with E-state index in [1.165, 1.54) is 6.07 Å². The lowest BCUT2D eigenvalue weighted by molar-refractivity contribution is -0.0328. The fourth-order valence-electron chi connectivity index (χ4n) is 1.11. The molecule has 0 N–H and O–H groups in total. The third-order valence-electron chi connectivity index (χ3n) is 1.75. The van der Waals surface area contributed by atoms with Gasteiger partial charge in [-0.2, -0.15) is 18.4 Å². The SMILES string of the molecule is N#CCCc1ccc(SC(F)(F)F)c(I)c1. The summed E-state index contributed by atoms with van der Waals surface area (Å²) in [7, 11) is 0. The highest BCUT2D eigenvalue weighted by molar-refractivity contribution is 14.1. The molecular formula is C10H7F3INS. The van der Waals surface area contributed by atoms with E-state index in [9.17, 15) is 13.2 Å². The molecule has 1 nitrogen and oxygen atoms in total. The fraction of sp³-hybridized carbons (Fsp3) is 0.300. The van der Waals surface area contributed by atoms with Gasteiger partial charge < -0.3 is 0 Å². The van der Waals surface area contributed by atoms with Gasteiger partial charge in [-0.25, -0.2) is 0 Å². The van der Waals surface area contributed by atoms with E-state index in [1.54, 1.807) is 12.1 Å². The second-order valence-corrected chi connectivity index (χ2v) is 5.24. The minimum atomic E-state index is -4.26. The minimum absolute atomic E-state index is 0.113. The van der Waals surface area contributed by atoms with Gasteiger partial charge in [-0.15, -0.1) is 0 Å². The van der Waals surface area contributed by atoms with Crippen molar-refractivity contribution in [1.82, 2.24) is 0 Å². The first-order chi connectivity index (χ1) is 7.42. The number of alkyl halides is 3. The standard InChI is InChI=1S/C10H7F3INS/c11-10(12,13)16-9-4-3-7(2-1-5-15)6-8(9)14/h3-4,6H,1-2H2. The Morgan fingerprint density at radius 3 is 2.56 bits per heavy atom. The minimum Gasteiger partial charge on any atom is -0.198 e. The van der Waals surface area contributed by atoms with Crippen LogP contribution in [0.3, 0.4) is 0 Å². The number of benzene rings is 1. The van der Waals surface area contributed by atoms with Crippen molar-refractivity contribution >= 4 is 34.4 Å². The molecule has 0 fully saturated rings. The van der Waals surface area contributed by atoms with Crippen molar-refractivity contribution in [3.05, 3.63) is 27.3 Å². The van der Waals surface area contributed by atoms with Crippen molar-refractivity contribution in [3.8, 4) is 6.07 Å². The van der Waals surface area contributed by atoms with Gasteiger partial charge >= 0.3 is 5.51 Å². The van der Waals surface area contributed by atoms with E-state index >= 15 is 0 Å². The number of hydrogen-bond acceptors (Lipinski definition) is 2. The van der Waals surface area contributed by atoms with Crippen LogP contribution >= 0.6 is 34.4 Å². The van der Waals surface area contributed by atoms with Crippen LogP contribution in [0.4, 0.5) is 13.2 Å². The molecule has 1 aromatic rings. The molecule has 0 aliphatic rings. The topological polar surface area (TPSA) is 23.8 Å². The maximum atomic E-state index is 12.1. The summed E-state index contributed by atoms with van der Waals surface area (Å²) >= 11 is 1.76. The second-order valence-electron chi connectivity index (χ2n) is 2.97. The summed E-state index contributed by atoms with van der Waals surface area (Å²) in [5, 5.41) is 8.40. The molecule has 0 heterocycles. The molecule has 1 aromatic carbocycles. The molecule has 0 saturated carbocycles. The van der Waals surface area contributed by atoms with Crippen LogP contribution in [0.15, 0.2) is 23.1 Å². The van der Waals surface area contributed by atoms with Gasteiger partial charge in [-0.3, -0.25) is 0 Å². The smallest absolute Gasteiger partial charge is 0.198 e. The Labute approximate surface area is 109 Å². The average molecular weight is 357 g/mol. The number of thioether (sulfide) groups is 1. The number of nitriles is 1. The molecular weight excluding hydrogens is 350 g/mol. The molecule has 0 aliphatic carbocycles. The molecule has 0 amide bonds. The van der Waals surface area contributed by atoms with Crippen LogP contribution in [0.2, 0.25) is 0 Å². The van der Waals surface area contributed by atoms with Gasteiger partial charge in [-0.1, -0.05) is 6.07 Å². The summed E-state index contributed by atoms with van der Waals surface area (Å²) in [6.45, 7) is 0. The van der Waals surface area contributed by atoms with Crippen LogP contribution in [0.25, 0.3) is 0 Å². The van der Waals surface area contributed by atoms with Crippen LogP contribution in [0.1, 0.15) is 12.0 Å². The van der Waals surface area contributed by atoms with Crippen LogP contribution in [0.5, 0.6) is 0 Å². The first-order valence-corrected chi connectivity index (χ1v) is 6.23. The first kappa shape index (κ1) is 13.6. The van der Waals surface area contributed by atoms with Crippen molar-refractivity contribution in [2.45, 2.75) is 23.2 Å². The first-order valence-electron chi connectivity index (χ1n) is 4.33. The zero-order valence-electron chi connectivity index (χ0n) is 8.01. The van der Waals surface area contributed by atoms with Gasteiger partial charge in [0.25, 0.3) is 0 Å². The summed E-state index contributed by atoms with van der Waals surface area (Å²) in [5.41, 5.74) is -3.37. The Morgan fingerprint density at radius 2 is 2.06 bits per heavy atom. The maximum Gasteiger partial charge on any atom is 0.446 e. The van der Waals surface area contributed by atoms with Crippen molar-refractivity contribution in [2.75, 3.05) is 0 Å². The molecule has 0 aliphatic heterocycles. The molecule has 0 bridgehead atoms. The van der Waals surface area contributed by atoms with Gasteiger partial charge in [0.2, 0.25) is 0 Å². The third kappa shape index (κ3) is 4.61. The summed E-state index contributed by atoms with van der Waals surface area (Å²) in [6.07, 6.45) is 0.950. The normalized spacial score (nSPS) is 11.2. The summed E-state index contributed by atoms with van der Waals surface area (Å²) < 4.78 is 37.0. The number of rotatable bonds is 3. The summed E-state index contributed by atoms with van der Waals surface area (Å²) in [4.78, 5) is 0.203. The van der Waals surface area contributed by atoms with Gasteiger partial charge in [0, 0.05) is 14.9 Å². The zero-order valence-corrected chi connectivity index (χ0v) is 11.0. The van der Waals surface area contributed by atoms with E-state index in [4.69, 9.17) is 5.26 Å². The highest BCUT2D eigenvalue weighted by atomic mass is 127. The Morgan fingerprint density at radius 1 is 1.38 bits per heavy atom. The van der Waals surface area contributed by atoms with Crippen LogP contribution in [0, 0.1) is 14.9 Å². The molecule has 0 saturated heterocycles. The van der Waals surface area contributed by atoms with Crippen LogP contribution in [-0.2, 0) is 6.42 Å². The van der Waals surface area contributed by atoms with Crippen molar-refractivity contribution in [1.29, 1.82) is 5.26 Å².